The molecule has 5 heteroatoms. The molecule has 115 heavy (non-hydrogen) atoms. The Morgan fingerprint density at radius 3 is 1.07 bits per heavy atom. The van der Waals surface area contributed by atoms with Crippen molar-refractivity contribution in [2.75, 3.05) is 0 Å². The van der Waals surface area contributed by atoms with Crippen LogP contribution in [0.5, 0.6) is 0 Å². The van der Waals surface area contributed by atoms with Crippen LogP contribution < -0.4 is 0 Å². The SMILES string of the molecule is CC(C)c1cc(-c2ccc(C3CC3)cc2)ccc1Cl.CC(C)c1cc(F)cc(-c2ccc(C3CC3)cc2)c1.CC(C)c1ccc(Cl)c(-c2ccc(C3CC3)cc2)c1.CC(C)c1ccc(F)c(-c2ccc(C3CC3)cc2)c1.CC(C)c1cccc(-c2ccc(C3CC3)cc2)c1Cl.CCC1(c2ccc(-c3cccc(C(C)C)c3)cc2)CC1. The second kappa shape index (κ2) is 38.2. The van der Waals surface area contributed by atoms with Crippen molar-refractivity contribution in [3.8, 4) is 66.8 Å². The van der Waals surface area contributed by atoms with Crippen LogP contribution in [-0.4, -0.2) is 0 Å². The van der Waals surface area contributed by atoms with E-state index in [9.17, 15) is 8.78 Å². The first-order valence-electron chi connectivity index (χ1n) is 43.1. The van der Waals surface area contributed by atoms with E-state index < -0.39 is 0 Å². The third kappa shape index (κ3) is 22.6. The van der Waals surface area contributed by atoms with Crippen molar-refractivity contribution in [2.45, 2.75) is 244 Å². The van der Waals surface area contributed by atoms with Gasteiger partial charge in [0.25, 0.3) is 0 Å². The molecule has 0 nitrogen and oxygen atoms in total. The van der Waals surface area contributed by atoms with Gasteiger partial charge in [-0.2, -0.15) is 0 Å². The minimum absolute atomic E-state index is 0.136. The van der Waals surface area contributed by atoms with Gasteiger partial charge in [0.1, 0.15) is 11.6 Å². The Hall–Kier alpha value is -8.63. The second-order valence-corrected chi connectivity index (χ2v) is 36.6. The van der Waals surface area contributed by atoms with E-state index in [1.165, 1.54) is 178 Å². The second-order valence-electron chi connectivity index (χ2n) is 35.4. The van der Waals surface area contributed by atoms with Crippen LogP contribution in [0, 0.1) is 11.6 Å². The zero-order valence-corrected chi connectivity index (χ0v) is 72.5. The van der Waals surface area contributed by atoms with Crippen LogP contribution in [0.4, 0.5) is 8.78 Å². The fraction of sp³-hybridized carbons (Fsp3) is 0.345. The Bertz CT molecular complexity index is 4980. The smallest absolute Gasteiger partial charge is 0.131 e. The lowest BCUT2D eigenvalue weighted by Crippen LogP contribution is -2.03. The van der Waals surface area contributed by atoms with E-state index >= 15 is 0 Å². The quantitative estimate of drug-likeness (QED) is 0.0757. The number of benzene rings is 12. The van der Waals surface area contributed by atoms with Crippen molar-refractivity contribution in [3.05, 3.63) is 354 Å². The van der Waals surface area contributed by atoms with Gasteiger partial charge in [0.2, 0.25) is 0 Å². The fourth-order valence-electron chi connectivity index (χ4n) is 15.6. The highest BCUT2D eigenvalue weighted by molar-refractivity contribution is 6.34. The molecule has 6 saturated carbocycles. The molecule has 0 aromatic heterocycles. The Kier molecular flexibility index (Phi) is 28.0. The Morgan fingerprint density at radius 2 is 0.643 bits per heavy atom. The summed E-state index contributed by atoms with van der Waals surface area (Å²) in [4.78, 5) is 0. The highest BCUT2D eigenvalue weighted by Gasteiger charge is 2.42. The van der Waals surface area contributed by atoms with Gasteiger partial charge in [-0.25, -0.2) is 8.78 Å². The molecule has 0 heterocycles. The predicted molar refractivity (Wildman–Crippen MR) is 492 cm³/mol. The summed E-state index contributed by atoms with van der Waals surface area (Å²) < 4.78 is 27.7. The topological polar surface area (TPSA) is 0 Å². The van der Waals surface area contributed by atoms with Gasteiger partial charge >= 0.3 is 0 Å². The molecule has 0 atom stereocenters. The molecule has 0 N–H and O–H groups in total. The van der Waals surface area contributed by atoms with Crippen LogP contribution in [0.3, 0.4) is 0 Å². The van der Waals surface area contributed by atoms with Gasteiger partial charge in [-0.05, 0) is 319 Å². The number of hydrogen-bond donors (Lipinski definition) is 0. The molecule has 6 aliphatic carbocycles. The van der Waals surface area contributed by atoms with Crippen molar-refractivity contribution in [3.63, 3.8) is 0 Å². The molecule has 0 unspecified atom stereocenters. The fourth-order valence-corrected chi connectivity index (χ4v) is 16.6. The molecule has 0 radical (unpaired) electrons. The molecule has 0 aliphatic heterocycles. The summed E-state index contributed by atoms with van der Waals surface area (Å²) in [5.74, 6) is 6.49. The summed E-state index contributed by atoms with van der Waals surface area (Å²) in [6.45, 7) is 28.4. The van der Waals surface area contributed by atoms with Crippen molar-refractivity contribution in [1.29, 1.82) is 0 Å². The molecule has 0 bridgehead atoms. The van der Waals surface area contributed by atoms with E-state index in [0.29, 0.717) is 46.5 Å². The highest BCUT2D eigenvalue weighted by atomic mass is 35.5. The molecule has 12 aromatic rings. The molecular formula is C110H119Cl3F2. The van der Waals surface area contributed by atoms with Gasteiger partial charge in [0.15, 0.2) is 0 Å². The van der Waals surface area contributed by atoms with E-state index in [2.05, 4.69) is 308 Å². The van der Waals surface area contributed by atoms with Crippen molar-refractivity contribution < 1.29 is 8.78 Å². The maximum atomic E-state index is 14.0. The molecule has 6 fully saturated rings. The van der Waals surface area contributed by atoms with E-state index in [4.69, 9.17) is 34.8 Å². The zero-order chi connectivity index (χ0) is 81.2. The van der Waals surface area contributed by atoms with Crippen molar-refractivity contribution in [2.24, 2.45) is 0 Å². The standard InChI is InChI=1S/C20H24.3C18H19Cl.2C18H19F/c1-4-20(12-13-20)19-10-8-16(9-11-19)18-7-5-6-17(14-18)15(2)3;1-12(2)17-11-16(9-10-18(17)19)15-7-5-14(6-8-15)13-3-4-13;1-12(2)16-9-10-18(19)17(11-16)15-7-5-14(6-8-15)13-3-4-13;1-12(2)16-4-3-5-17(18(16)19)15-10-8-14(9-11-15)13-6-7-13;1-12(2)16-9-17(11-18(19)10-16)15-7-5-14(6-8-15)13-3-4-13;1-12(2)16-9-10-18(19)17(11-16)15-7-5-14(6-8-15)13-3-4-13/h5-11,14-15H,4,12-13H2,1-3H3;2*5-13H,3-4H2,1-2H3;3-5,8-13H,6-7H2,1-2H3;2*5-13H,3-4H2,1-2H3. The predicted octanol–water partition coefficient (Wildman–Crippen LogP) is 34.9. The summed E-state index contributed by atoms with van der Waals surface area (Å²) in [7, 11) is 0. The van der Waals surface area contributed by atoms with E-state index in [1.807, 2.05) is 24.3 Å². The lowest BCUT2D eigenvalue weighted by molar-refractivity contribution is 0.624. The number of hydrogen-bond acceptors (Lipinski definition) is 0. The number of rotatable bonds is 19. The van der Waals surface area contributed by atoms with E-state index in [1.54, 1.807) is 18.2 Å². The third-order valence-corrected chi connectivity index (χ3v) is 25.6. The minimum atomic E-state index is -0.146. The summed E-state index contributed by atoms with van der Waals surface area (Å²) >= 11 is 19.2. The summed E-state index contributed by atoms with van der Waals surface area (Å²) in [6, 6.07) is 91.9. The monoisotopic (exact) mass is 1580 g/mol. The van der Waals surface area contributed by atoms with E-state index in [-0.39, 0.29) is 11.6 Å². The maximum Gasteiger partial charge on any atom is 0.131 e. The van der Waals surface area contributed by atoms with Gasteiger partial charge in [-0.15, -0.1) is 0 Å². The van der Waals surface area contributed by atoms with Gasteiger partial charge in [-0.1, -0.05) is 337 Å². The summed E-state index contributed by atoms with van der Waals surface area (Å²) in [5.41, 5.74) is 30.5. The maximum absolute atomic E-state index is 14.0. The average Bonchev–Trinajstić information content (AvgIpc) is 1.62. The highest BCUT2D eigenvalue weighted by Crippen LogP contribution is 2.52. The zero-order valence-electron chi connectivity index (χ0n) is 70.3. The first-order chi connectivity index (χ1) is 55.4. The number of halogens is 5. The Balaban J connectivity index is 0.000000120. The van der Waals surface area contributed by atoms with Gasteiger partial charge in [0.05, 0.1) is 5.02 Å². The first-order valence-corrected chi connectivity index (χ1v) is 44.2. The van der Waals surface area contributed by atoms with E-state index in [0.717, 1.165) is 78.0 Å². The molecule has 0 spiro atoms. The first kappa shape index (κ1) is 84.3. The Morgan fingerprint density at radius 1 is 0.287 bits per heavy atom. The van der Waals surface area contributed by atoms with Gasteiger partial charge < -0.3 is 0 Å². The van der Waals surface area contributed by atoms with Crippen LogP contribution in [0.2, 0.25) is 15.1 Å². The normalized spacial score (nSPS) is 15.2. The molecule has 0 amide bonds. The van der Waals surface area contributed by atoms with Crippen LogP contribution >= 0.6 is 34.8 Å². The molecule has 6 aliphatic rings. The minimum Gasteiger partial charge on any atom is -0.207 e. The molecule has 18 rings (SSSR count). The average molecular weight is 1590 g/mol. The lowest BCUT2D eigenvalue weighted by atomic mass is 9.91. The largest absolute Gasteiger partial charge is 0.207 e. The van der Waals surface area contributed by atoms with Crippen molar-refractivity contribution >= 4 is 34.8 Å². The van der Waals surface area contributed by atoms with Gasteiger partial charge in [0, 0.05) is 26.7 Å². The summed E-state index contributed by atoms with van der Waals surface area (Å²) in [6.07, 6.45) is 17.4. The third-order valence-electron chi connectivity index (χ3n) is 24.5. The van der Waals surface area contributed by atoms with Crippen LogP contribution in [0.1, 0.15) is 305 Å². The summed E-state index contributed by atoms with van der Waals surface area (Å²) in [5, 5.41) is 2.61. The molecule has 0 saturated heterocycles. The molecular weight excluding hydrogens is 1470 g/mol. The Labute approximate surface area is 703 Å². The van der Waals surface area contributed by atoms with Crippen LogP contribution in [0.15, 0.2) is 261 Å². The van der Waals surface area contributed by atoms with Gasteiger partial charge in [-0.3, -0.25) is 0 Å². The van der Waals surface area contributed by atoms with Crippen molar-refractivity contribution in [1.82, 2.24) is 0 Å². The molecule has 12 aromatic carbocycles. The van der Waals surface area contributed by atoms with Crippen LogP contribution in [0.25, 0.3) is 66.8 Å². The van der Waals surface area contributed by atoms with Crippen LogP contribution in [-0.2, 0) is 5.41 Å². The lowest BCUT2D eigenvalue weighted by Gasteiger charge is -2.14. The molecule has 594 valence electrons.